The van der Waals surface area contributed by atoms with Gasteiger partial charge in [-0.1, -0.05) is 18.1 Å². The lowest BCUT2D eigenvalue weighted by atomic mass is 10.0. The monoisotopic (exact) mass is 370 g/mol. The molecule has 0 bridgehead atoms. The van der Waals surface area contributed by atoms with E-state index in [1.807, 2.05) is 0 Å². The molecule has 1 aliphatic heterocycles. The zero-order valence-corrected chi connectivity index (χ0v) is 15.0. The molecule has 0 radical (unpaired) electrons. The fourth-order valence-electron chi connectivity index (χ4n) is 3.27. The third-order valence-electron chi connectivity index (χ3n) is 4.91. The maximum absolute atomic E-state index is 15.0. The van der Waals surface area contributed by atoms with Crippen LogP contribution in [0.2, 0.25) is 0 Å². The summed E-state index contributed by atoms with van der Waals surface area (Å²) < 4.78 is 21.6. The third-order valence-corrected chi connectivity index (χ3v) is 4.91. The number of nitrogens with one attached hydrogen (secondary N) is 2. The molecule has 3 aromatic rings. The Balaban J connectivity index is 1.74. The zero-order valence-electron chi connectivity index (χ0n) is 15.0. The Hall–Kier alpha value is -3.16. The summed E-state index contributed by atoms with van der Waals surface area (Å²) in [6.45, 7) is 3.50. The van der Waals surface area contributed by atoms with Crippen LogP contribution >= 0.6 is 0 Å². The molecule has 1 aliphatic rings. The lowest BCUT2D eigenvalue weighted by Crippen LogP contribution is -2.38. The van der Waals surface area contributed by atoms with E-state index < -0.39 is 5.67 Å². The van der Waals surface area contributed by atoms with Crippen molar-refractivity contribution in [2.75, 3.05) is 11.9 Å². The van der Waals surface area contributed by atoms with Crippen molar-refractivity contribution in [3.8, 4) is 0 Å². The Morgan fingerprint density at radius 1 is 1.41 bits per heavy atom. The summed E-state index contributed by atoms with van der Waals surface area (Å²) in [7, 11) is 0. The molecule has 2 amide bonds. The van der Waals surface area contributed by atoms with Crippen molar-refractivity contribution in [3.63, 3.8) is 0 Å². The van der Waals surface area contributed by atoms with E-state index in [0.29, 0.717) is 28.4 Å². The molecule has 1 unspecified atom stereocenters. The number of benzene rings is 1. The Kier molecular flexibility index (Phi) is 3.98. The molecule has 0 fully saturated rings. The van der Waals surface area contributed by atoms with Gasteiger partial charge in [-0.3, -0.25) is 9.59 Å². The highest BCUT2D eigenvalue weighted by atomic mass is 19.1. The predicted molar refractivity (Wildman–Crippen MR) is 97.6 cm³/mol. The Morgan fingerprint density at radius 2 is 2.22 bits per heavy atom. The van der Waals surface area contributed by atoms with Gasteiger partial charge >= 0.3 is 0 Å². The average molecular weight is 370 g/mol. The van der Waals surface area contributed by atoms with Crippen molar-refractivity contribution in [2.45, 2.75) is 32.5 Å². The summed E-state index contributed by atoms with van der Waals surface area (Å²) in [6.07, 6.45) is 0.276. The fraction of sp³-hybridized carbons (Fsp3) is 0.316. The summed E-state index contributed by atoms with van der Waals surface area (Å²) in [5.41, 5.74) is -0.123. The molecule has 2 N–H and O–H groups in total. The number of anilines is 1. The van der Waals surface area contributed by atoms with Crippen LogP contribution in [0.5, 0.6) is 0 Å². The number of halogens is 1. The first-order valence-electron chi connectivity index (χ1n) is 8.74. The number of aryl methyl sites for hydroxylation is 1. The van der Waals surface area contributed by atoms with Crippen LogP contribution < -0.4 is 10.6 Å². The molecule has 0 aliphatic carbocycles. The van der Waals surface area contributed by atoms with Crippen molar-refractivity contribution < 1.29 is 18.5 Å². The smallest absolute Gasteiger partial charge is 0.268 e. The second-order valence-corrected chi connectivity index (χ2v) is 6.85. The zero-order chi connectivity index (χ0) is 19.2. The highest BCUT2D eigenvalue weighted by Gasteiger charge is 2.34. The van der Waals surface area contributed by atoms with Crippen LogP contribution in [0.3, 0.4) is 0 Å². The number of aromatic nitrogens is 2. The van der Waals surface area contributed by atoms with Crippen LogP contribution in [-0.4, -0.2) is 33.8 Å². The third kappa shape index (κ3) is 3.07. The summed E-state index contributed by atoms with van der Waals surface area (Å²) in [4.78, 5) is 24.9. The summed E-state index contributed by atoms with van der Waals surface area (Å²) in [6, 6.07) is 8.40. The summed E-state index contributed by atoms with van der Waals surface area (Å²) >= 11 is 0. The summed E-state index contributed by atoms with van der Waals surface area (Å²) in [5, 5.41) is 9.82. The molecule has 4 rings (SSSR count). The molecule has 1 atom stereocenters. The molecular formula is C19H19FN4O3. The van der Waals surface area contributed by atoms with Gasteiger partial charge in [-0.25, -0.2) is 4.39 Å². The van der Waals surface area contributed by atoms with Crippen molar-refractivity contribution in [2.24, 2.45) is 0 Å². The Labute approximate surface area is 154 Å². The van der Waals surface area contributed by atoms with E-state index >= 15 is 4.39 Å². The van der Waals surface area contributed by atoms with Crippen molar-refractivity contribution >= 4 is 28.5 Å². The van der Waals surface area contributed by atoms with E-state index in [4.69, 9.17) is 4.52 Å². The fourth-order valence-corrected chi connectivity index (χ4v) is 3.27. The van der Waals surface area contributed by atoms with Crippen LogP contribution in [0.25, 0.3) is 10.9 Å². The minimum absolute atomic E-state index is 0.0306. The maximum Gasteiger partial charge on any atom is 0.268 e. The van der Waals surface area contributed by atoms with Crippen molar-refractivity contribution in [1.82, 2.24) is 15.0 Å². The Morgan fingerprint density at radius 3 is 2.93 bits per heavy atom. The molecule has 7 nitrogen and oxygen atoms in total. The maximum atomic E-state index is 15.0. The predicted octanol–water partition coefficient (Wildman–Crippen LogP) is 3.05. The van der Waals surface area contributed by atoms with Gasteiger partial charge in [0.1, 0.15) is 17.1 Å². The van der Waals surface area contributed by atoms with Gasteiger partial charge in [0.25, 0.3) is 11.8 Å². The van der Waals surface area contributed by atoms with E-state index in [1.54, 1.807) is 48.7 Å². The van der Waals surface area contributed by atoms with Gasteiger partial charge < -0.3 is 19.7 Å². The van der Waals surface area contributed by atoms with Crippen LogP contribution in [0.15, 0.2) is 34.9 Å². The minimum Gasteiger partial charge on any atom is -0.360 e. The minimum atomic E-state index is -1.54. The van der Waals surface area contributed by atoms with E-state index in [9.17, 15) is 9.59 Å². The van der Waals surface area contributed by atoms with Crippen LogP contribution in [-0.2, 0) is 6.54 Å². The molecule has 27 heavy (non-hydrogen) atoms. The quantitative estimate of drug-likeness (QED) is 0.742. The normalized spacial score (nSPS) is 19.4. The van der Waals surface area contributed by atoms with E-state index in [-0.39, 0.29) is 31.3 Å². The molecule has 1 aromatic carbocycles. The lowest BCUT2D eigenvalue weighted by Gasteiger charge is -2.22. The van der Waals surface area contributed by atoms with E-state index in [2.05, 4.69) is 15.8 Å². The Bertz CT molecular complexity index is 1050. The highest BCUT2D eigenvalue weighted by Crippen LogP contribution is 2.29. The first-order chi connectivity index (χ1) is 12.9. The lowest BCUT2D eigenvalue weighted by molar-refractivity contribution is 0.0912. The number of nitrogens with zero attached hydrogens (tertiary/aromatic N) is 2. The topological polar surface area (TPSA) is 89.2 Å². The average Bonchev–Trinajstić information content (AvgIpc) is 3.19. The number of hydrogen-bond acceptors (Lipinski definition) is 4. The standard InChI is InChI=1S/C19H19FN4O3/c1-3-19(20)9-21-18(26)15-7-12-4-5-13(8-14(12)24(15)10-19)17(25)22-16-6-11(2)27-23-16/h4-8H,3,9-10H2,1-2H3,(H,21,26)(H,22,23,25). The van der Waals surface area contributed by atoms with Gasteiger partial charge in [0.05, 0.1) is 13.1 Å². The van der Waals surface area contributed by atoms with Gasteiger partial charge in [0.2, 0.25) is 0 Å². The van der Waals surface area contributed by atoms with Crippen molar-refractivity contribution in [1.29, 1.82) is 0 Å². The number of rotatable bonds is 3. The second kappa shape index (κ2) is 6.22. The highest BCUT2D eigenvalue weighted by molar-refractivity contribution is 6.07. The van der Waals surface area contributed by atoms with Gasteiger partial charge in [-0.15, -0.1) is 0 Å². The molecule has 0 spiro atoms. The number of carbonyl (C=O) groups is 2. The molecule has 3 heterocycles. The number of fused-ring (bicyclic) bond motifs is 3. The summed E-state index contributed by atoms with van der Waals surface area (Å²) in [5.74, 6) is 0.228. The van der Waals surface area contributed by atoms with Gasteiger partial charge in [0.15, 0.2) is 5.82 Å². The van der Waals surface area contributed by atoms with Crippen LogP contribution in [0, 0.1) is 6.92 Å². The van der Waals surface area contributed by atoms with Crippen LogP contribution in [0.1, 0.15) is 40.0 Å². The SMILES string of the molecule is CCC1(F)CNC(=O)c2cc3ccc(C(=O)Nc4cc(C)on4)cc3n2C1. The van der Waals surface area contributed by atoms with Gasteiger partial charge in [-0.2, -0.15) is 0 Å². The van der Waals surface area contributed by atoms with E-state index in [1.165, 1.54) is 0 Å². The number of amides is 2. The number of carbonyl (C=O) groups excluding carboxylic acids is 2. The van der Waals surface area contributed by atoms with Gasteiger partial charge in [0, 0.05) is 22.5 Å². The molecule has 140 valence electrons. The first-order valence-corrected chi connectivity index (χ1v) is 8.74. The van der Waals surface area contributed by atoms with Crippen molar-refractivity contribution in [3.05, 3.63) is 47.3 Å². The number of hydrogen-bond donors (Lipinski definition) is 2. The van der Waals surface area contributed by atoms with Gasteiger partial charge in [-0.05, 0) is 31.5 Å². The second-order valence-electron chi connectivity index (χ2n) is 6.85. The molecule has 8 heteroatoms. The molecule has 0 saturated carbocycles. The van der Waals surface area contributed by atoms with E-state index in [0.717, 1.165) is 5.39 Å². The molecule has 2 aromatic heterocycles. The molecule has 0 saturated heterocycles. The van der Waals surface area contributed by atoms with Crippen LogP contribution in [0.4, 0.5) is 10.2 Å². The molecular weight excluding hydrogens is 351 g/mol. The first kappa shape index (κ1) is 17.3. The number of alkyl halides is 1. The largest absolute Gasteiger partial charge is 0.360 e.